The standard InChI is InChI=1S/C20H18FN3O3S/c1-12-3-4-15(11-17(12)24(26)27)19(25)22-10-9-18-13(2)23-20(28-18)14-5-7-16(21)8-6-14/h3-8,11H,9-10H2,1-2H3,(H,22,25). The molecule has 0 saturated heterocycles. The van der Waals surface area contributed by atoms with Crippen molar-refractivity contribution in [2.75, 3.05) is 6.54 Å². The molecule has 6 nitrogen and oxygen atoms in total. The minimum atomic E-state index is -0.496. The summed E-state index contributed by atoms with van der Waals surface area (Å²) in [6.45, 7) is 3.90. The molecule has 2 aromatic carbocycles. The highest BCUT2D eigenvalue weighted by atomic mass is 32.1. The number of aryl methyl sites for hydroxylation is 2. The van der Waals surface area contributed by atoms with Crippen LogP contribution in [0, 0.1) is 29.8 Å². The minimum absolute atomic E-state index is 0.0742. The van der Waals surface area contributed by atoms with E-state index in [1.165, 1.54) is 29.5 Å². The quantitative estimate of drug-likeness (QED) is 0.490. The molecule has 0 radical (unpaired) electrons. The van der Waals surface area contributed by atoms with E-state index in [0.717, 1.165) is 21.1 Å². The fourth-order valence-corrected chi connectivity index (χ4v) is 3.78. The number of benzene rings is 2. The highest BCUT2D eigenvalue weighted by molar-refractivity contribution is 7.15. The molecule has 1 N–H and O–H groups in total. The number of nitro groups is 1. The molecule has 0 aliphatic carbocycles. The Balaban J connectivity index is 1.64. The normalized spacial score (nSPS) is 10.7. The van der Waals surface area contributed by atoms with Gasteiger partial charge >= 0.3 is 0 Å². The number of nitrogens with one attached hydrogen (secondary N) is 1. The number of hydrogen-bond donors (Lipinski definition) is 1. The van der Waals surface area contributed by atoms with Gasteiger partial charge in [0.15, 0.2) is 0 Å². The van der Waals surface area contributed by atoms with Crippen LogP contribution in [-0.2, 0) is 6.42 Å². The molecule has 0 aliphatic heterocycles. The van der Waals surface area contributed by atoms with Gasteiger partial charge in [0.2, 0.25) is 0 Å². The molecule has 0 saturated carbocycles. The molecule has 1 aromatic heterocycles. The van der Waals surface area contributed by atoms with E-state index < -0.39 is 4.92 Å². The Morgan fingerprint density at radius 1 is 1.21 bits per heavy atom. The number of nitro benzene ring substituents is 1. The van der Waals surface area contributed by atoms with Gasteiger partial charge in [-0.3, -0.25) is 14.9 Å². The second-order valence-corrected chi connectivity index (χ2v) is 7.38. The van der Waals surface area contributed by atoms with Crippen molar-refractivity contribution in [2.24, 2.45) is 0 Å². The summed E-state index contributed by atoms with van der Waals surface area (Å²) >= 11 is 1.50. The molecule has 0 bridgehead atoms. The lowest BCUT2D eigenvalue weighted by Gasteiger charge is -2.05. The van der Waals surface area contributed by atoms with E-state index >= 15 is 0 Å². The first-order valence-electron chi connectivity index (χ1n) is 8.60. The molecule has 144 valence electrons. The largest absolute Gasteiger partial charge is 0.352 e. The summed E-state index contributed by atoms with van der Waals surface area (Å²) in [5.41, 5.74) is 2.40. The summed E-state index contributed by atoms with van der Waals surface area (Å²) < 4.78 is 13.1. The number of nitrogens with zero attached hydrogens (tertiary/aromatic N) is 2. The molecule has 1 amide bonds. The van der Waals surface area contributed by atoms with E-state index in [-0.39, 0.29) is 23.0 Å². The highest BCUT2D eigenvalue weighted by Gasteiger charge is 2.15. The van der Waals surface area contributed by atoms with Crippen LogP contribution in [0.5, 0.6) is 0 Å². The van der Waals surface area contributed by atoms with Crippen molar-refractivity contribution in [1.29, 1.82) is 0 Å². The van der Waals surface area contributed by atoms with Gasteiger partial charge in [0, 0.05) is 40.6 Å². The van der Waals surface area contributed by atoms with Gasteiger partial charge in [-0.1, -0.05) is 6.07 Å². The molecule has 0 fully saturated rings. The number of carbonyl (C=O) groups is 1. The maximum atomic E-state index is 13.1. The summed E-state index contributed by atoms with van der Waals surface area (Å²) in [7, 11) is 0. The van der Waals surface area contributed by atoms with Crippen LogP contribution >= 0.6 is 11.3 Å². The highest BCUT2D eigenvalue weighted by Crippen LogP contribution is 2.28. The zero-order valence-electron chi connectivity index (χ0n) is 15.4. The maximum absolute atomic E-state index is 13.1. The van der Waals surface area contributed by atoms with Gasteiger partial charge < -0.3 is 5.32 Å². The van der Waals surface area contributed by atoms with Gasteiger partial charge in [-0.2, -0.15) is 0 Å². The van der Waals surface area contributed by atoms with Crippen LogP contribution in [-0.4, -0.2) is 22.4 Å². The van der Waals surface area contributed by atoms with Crippen molar-refractivity contribution >= 4 is 22.9 Å². The van der Waals surface area contributed by atoms with E-state index in [2.05, 4.69) is 10.3 Å². The smallest absolute Gasteiger partial charge is 0.273 e. The van der Waals surface area contributed by atoms with Crippen LogP contribution in [0.15, 0.2) is 42.5 Å². The number of carbonyl (C=O) groups excluding carboxylic acids is 1. The monoisotopic (exact) mass is 399 g/mol. The Hall–Kier alpha value is -3.13. The first-order chi connectivity index (χ1) is 13.3. The van der Waals surface area contributed by atoms with Gasteiger partial charge in [-0.25, -0.2) is 9.37 Å². The second-order valence-electron chi connectivity index (χ2n) is 6.30. The van der Waals surface area contributed by atoms with E-state index in [0.29, 0.717) is 18.5 Å². The van der Waals surface area contributed by atoms with Crippen LogP contribution in [0.2, 0.25) is 0 Å². The lowest BCUT2D eigenvalue weighted by Crippen LogP contribution is -2.25. The average Bonchev–Trinajstić information content (AvgIpc) is 3.03. The van der Waals surface area contributed by atoms with Gasteiger partial charge in [0.1, 0.15) is 10.8 Å². The van der Waals surface area contributed by atoms with E-state index in [1.807, 2.05) is 6.92 Å². The van der Waals surface area contributed by atoms with E-state index in [1.54, 1.807) is 31.2 Å². The van der Waals surface area contributed by atoms with Crippen LogP contribution < -0.4 is 5.32 Å². The summed E-state index contributed by atoms with van der Waals surface area (Å²) in [6.07, 6.45) is 0.588. The van der Waals surface area contributed by atoms with Crippen molar-refractivity contribution in [1.82, 2.24) is 10.3 Å². The van der Waals surface area contributed by atoms with Crippen molar-refractivity contribution in [3.8, 4) is 10.6 Å². The summed E-state index contributed by atoms with van der Waals surface area (Å²) in [5, 5.41) is 14.6. The molecule has 0 atom stereocenters. The fourth-order valence-electron chi connectivity index (χ4n) is 2.71. The lowest BCUT2D eigenvalue weighted by molar-refractivity contribution is -0.385. The zero-order valence-corrected chi connectivity index (χ0v) is 16.2. The molecule has 0 unspecified atom stereocenters. The summed E-state index contributed by atoms with van der Waals surface area (Å²) in [6, 6.07) is 10.6. The third-order valence-corrected chi connectivity index (χ3v) is 5.56. The van der Waals surface area contributed by atoms with Crippen molar-refractivity contribution in [2.45, 2.75) is 20.3 Å². The molecule has 3 aromatic rings. The minimum Gasteiger partial charge on any atom is -0.352 e. The predicted octanol–water partition coefficient (Wildman–Crippen LogP) is 4.45. The number of aromatic nitrogens is 1. The number of halogens is 1. The van der Waals surface area contributed by atoms with Crippen LogP contribution in [0.1, 0.15) is 26.5 Å². The zero-order chi connectivity index (χ0) is 20.3. The van der Waals surface area contributed by atoms with Gasteiger partial charge in [-0.15, -0.1) is 11.3 Å². The van der Waals surface area contributed by atoms with Crippen LogP contribution in [0.25, 0.3) is 10.6 Å². The Bertz CT molecular complexity index is 1030. The number of rotatable bonds is 6. The Kier molecular flexibility index (Phi) is 5.79. The fraction of sp³-hybridized carbons (Fsp3) is 0.200. The lowest BCUT2D eigenvalue weighted by atomic mass is 10.1. The topological polar surface area (TPSA) is 85.1 Å². The summed E-state index contributed by atoms with van der Waals surface area (Å²) in [4.78, 5) is 28.3. The third kappa shape index (κ3) is 4.40. The third-order valence-electron chi connectivity index (χ3n) is 4.29. The number of thiazole rings is 1. The van der Waals surface area contributed by atoms with E-state index in [4.69, 9.17) is 0 Å². The molecule has 0 aliphatic rings. The molecular formula is C20H18FN3O3S. The molecule has 1 heterocycles. The van der Waals surface area contributed by atoms with Crippen molar-refractivity contribution in [3.05, 3.63) is 80.1 Å². The molecule has 0 spiro atoms. The van der Waals surface area contributed by atoms with Crippen molar-refractivity contribution in [3.63, 3.8) is 0 Å². The van der Waals surface area contributed by atoms with Crippen LogP contribution in [0.4, 0.5) is 10.1 Å². The average molecular weight is 399 g/mol. The second kappa shape index (κ2) is 8.26. The van der Waals surface area contributed by atoms with Gasteiger partial charge in [0.25, 0.3) is 11.6 Å². The molecular weight excluding hydrogens is 381 g/mol. The Labute approximate surface area is 165 Å². The number of hydrogen-bond acceptors (Lipinski definition) is 5. The predicted molar refractivity (Wildman–Crippen MR) is 106 cm³/mol. The molecule has 28 heavy (non-hydrogen) atoms. The van der Waals surface area contributed by atoms with Crippen LogP contribution in [0.3, 0.4) is 0 Å². The molecule has 3 rings (SSSR count). The summed E-state index contributed by atoms with van der Waals surface area (Å²) in [5.74, 6) is -0.652. The van der Waals surface area contributed by atoms with Crippen molar-refractivity contribution < 1.29 is 14.1 Å². The SMILES string of the molecule is Cc1ccc(C(=O)NCCc2sc(-c3ccc(F)cc3)nc2C)cc1[N+](=O)[O-]. The first-order valence-corrected chi connectivity index (χ1v) is 9.42. The van der Waals surface area contributed by atoms with Gasteiger partial charge in [0.05, 0.1) is 10.6 Å². The Morgan fingerprint density at radius 3 is 2.61 bits per heavy atom. The van der Waals surface area contributed by atoms with Gasteiger partial charge in [-0.05, 0) is 44.2 Å². The maximum Gasteiger partial charge on any atom is 0.273 e. The molecule has 8 heteroatoms. The van der Waals surface area contributed by atoms with E-state index in [9.17, 15) is 19.3 Å². The number of amides is 1. The first kappa shape index (κ1) is 19.6. The Morgan fingerprint density at radius 2 is 1.93 bits per heavy atom.